The predicted molar refractivity (Wildman–Crippen MR) is 78.3 cm³/mol. The van der Waals surface area contributed by atoms with E-state index >= 15 is 0 Å². The highest BCUT2D eigenvalue weighted by molar-refractivity contribution is 6.33. The smallest absolute Gasteiger partial charge is 0.303 e. The molecule has 0 aliphatic heterocycles. The zero-order valence-electron chi connectivity index (χ0n) is 11.6. The topological polar surface area (TPSA) is 95.5 Å². The van der Waals surface area contributed by atoms with Crippen LogP contribution < -0.4 is 10.6 Å². The fraction of sp³-hybridized carbons (Fsp3) is 0.357. The van der Waals surface area contributed by atoms with Crippen LogP contribution in [-0.2, 0) is 9.59 Å². The number of carbonyl (C=O) groups excluding carboxylic acids is 2. The Morgan fingerprint density at radius 2 is 1.95 bits per heavy atom. The normalized spacial score (nSPS) is 11.5. The van der Waals surface area contributed by atoms with Crippen LogP contribution in [0.4, 0.5) is 0 Å². The quantitative estimate of drug-likeness (QED) is 0.710. The monoisotopic (exact) mass is 312 g/mol. The van der Waals surface area contributed by atoms with Gasteiger partial charge in [-0.2, -0.15) is 0 Å². The minimum Gasteiger partial charge on any atom is -0.481 e. The van der Waals surface area contributed by atoms with Crippen LogP contribution >= 0.6 is 11.6 Å². The molecule has 0 aromatic heterocycles. The van der Waals surface area contributed by atoms with E-state index in [0.717, 1.165) is 0 Å². The molecule has 0 spiro atoms. The first-order chi connectivity index (χ1) is 9.90. The number of rotatable bonds is 7. The first-order valence-corrected chi connectivity index (χ1v) is 6.82. The van der Waals surface area contributed by atoms with Crippen molar-refractivity contribution in [2.24, 2.45) is 0 Å². The molecule has 21 heavy (non-hydrogen) atoms. The molecule has 1 unspecified atom stereocenters. The number of carboxylic acid groups (broad SMARTS) is 1. The molecular formula is C14H17ClN2O4. The van der Waals surface area contributed by atoms with Gasteiger partial charge < -0.3 is 15.7 Å². The van der Waals surface area contributed by atoms with Crippen LogP contribution in [0.25, 0.3) is 0 Å². The zero-order valence-corrected chi connectivity index (χ0v) is 12.3. The third-order valence-corrected chi connectivity index (χ3v) is 3.06. The van der Waals surface area contributed by atoms with Crippen molar-refractivity contribution >= 4 is 29.4 Å². The average Bonchev–Trinajstić information content (AvgIpc) is 2.43. The Morgan fingerprint density at radius 1 is 1.29 bits per heavy atom. The Hall–Kier alpha value is -2.08. The van der Waals surface area contributed by atoms with Gasteiger partial charge in [0.25, 0.3) is 5.91 Å². The summed E-state index contributed by atoms with van der Waals surface area (Å²) < 4.78 is 0. The van der Waals surface area contributed by atoms with Crippen molar-refractivity contribution in [3.05, 3.63) is 34.9 Å². The van der Waals surface area contributed by atoms with E-state index in [1.165, 1.54) is 0 Å². The second-order valence-electron chi connectivity index (χ2n) is 4.56. The number of aliphatic carboxylic acids is 1. The number of amides is 2. The lowest BCUT2D eigenvalue weighted by Crippen LogP contribution is -2.41. The minimum atomic E-state index is -0.914. The highest BCUT2D eigenvalue weighted by atomic mass is 35.5. The number of hydrogen-bond donors (Lipinski definition) is 3. The average molecular weight is 313 g/mol. The highest BCUT2D eigenvalue weighted by Gasteiger charge is 2.12. The molecule has 0 fully saturated rings. The number of benzene rings is 1. The van der Waals surface area contributed by atoms with E-state index in [1.54, 1.807) is 31.2 Å². The third kappa shape index (κ3) is 6.27. The van der Waals surface area contributed by atoms with E-state index in [1.807, 2.05) is 0 Å². The standard InChI is InChI=1S/C14H17ClN2O4/c1-9(6-7-13(19)20)17-12(18)8-16-14(21)10-4-2-3-5-11(10)15/h2-5,9H,6-8H2,1H3,(H,16,21)(H,17,18)(H,19,20). The van der Waals surface area contributed by atoms with Crippen molar-refractivity contribution < 1.29 is 19.5 Å². The Labute approximate surface area is 127 Å². The molecule has 0 bridgehead atoms. The fourth-order valence-electron chi connectivity index (χ4n) is 1.64. The van der Waals surface area contributed by atoms with E-state index in [2.05, 4.69) is 10.6 Å². The molecule has 1 rings (SSSR count). The molecule has 0 aliphatic carbocycles. The second-order valence-corrected chi connectivity index (χ2v) is 4.97. The molecule has 0 radical (unpaired) electrons. The van der Waals surface area contributed by atoms with Crippen LogP contribution in [0.2, 0.25) is 5.02 Å². The van der Waals surface area contributed by atoms with Gasteiger partial charge in [-0.1, -0.05) is 23.7 Å². The van der Waals surface area contributed by atoms with E-state index in [-0.39, 0.29) is 24.9 Å². The van der Waals surface area contributed by atoms with Crippen LogP contribution in [0, 0.1) is 0 Å². The van der Waals surface area contributed by atoms with E-state index in [9.17, 15) is 14.4 Å². The third-order valence-electron chi connectivity index (χ3n) is 2.73. The van der Waals surface area contributed by atoms with Gasteiger partial charge in [-0.15, -0.1) is 0 Å². The van der Waals surface area contributed by atoms with E-state index in [0.29, 0.717) is 17.0 Å². The van der Waals surface area contributed by atoms with Crippen molar-refractivity contribution in [2.75, 3.05) is 6.54 Å². The number of nitrogens with one attached hydrogen (secondary N) is 2. The maximum Gasteiger partial charge on any atom is 0.303 e. The minimum absolute atomic E-state index is 0.0204. The summed E-state index contributed by atoms with van der Waals surface area (Å²) in [5, 5.41) is 13.9. The van der Waals surface area contributed by atoms with Gasteiger partial charge in [-0.3, -0.25) is 14.4 Å². The summed E-state index contributed by atoms with van der Waals surface area (Å²) in [7, 11) is 0. The Kier molecular flexibility index (Phi) is 6.68. The van der Waals surface area contributed by atoms with Gasteiger partial charge in [-0.05, 0) is 25.5 Å². The lowest BCUT2D eigenvalue weighted by Gasteiger charge is -2.13. The molecule has 1 aromatic carbocycles. The molecule has 7 heteroatoms. The van der Waals surface area contributed by atoms with Gasteiger partial charge >= 0.3 is 5.97 Å². The SMILES string of the molecule is CC(CCC(=O)O)NC(=O)CNC(=O)c1ccccc1Cl. The number of hydrogen-bond acceptors (Lipinski definition) is 3. The molecule has 6 nitrogen and oxygen atoms in total. The first kappa shape index (κ1) is 17.0. The lowest BCUT2D eigenvalue weighted by molar-refractivity contribution is -0.137. The Balaban J connectivity index is 2.38. The number of carboxylic acids is 1. The second kappa shape index (κ2) is 8.26. The molecule has 3 N–H and O–H groups in total. The van der Waals surface area contributed by atoms with Gasteiger partial charge in [0.2, 0.25) is 5.91 Å². The maximum atomic E-state index is 11.8. The van der Waals surface area contributed by atoms with Crippen LogP contribution in [0.15, 0.2) is 24.3 Å². The largest absolute Gasteiger partial charge is 0.481 e. The van der Waals surface area contributed by atoms with E-state index in [4.69, 9.17) is 16.7 Å². The molecule has 0 saturated carbocycles. The Morgan fingerprint density at radius 3 is 2.57 bits per heavy atom. The van der Waals surface area contributed by atoms with Crippen LogP contribution in [0.1, 0.15) is 30.1 Å². The molecule has 0 aliphatic rings. The number of carbonyl (C=O) groups is 3. The summed E-state index contributed by atoms with van der Waals surface area (Å²) in [6, 6.07) is 6.26. The zero-order chi connectivity index (χ0) is 15.8. The molecular weight excluding hydrogens is 296 g/mol. The molecule has 0 heterocycles. The van der Waals surface area contributed by atoms with Crippen LogP contribution in [-0.4, -0.2) is 35.5 Å². The van der Waals surface area contributed by atoms with Crippen LogP contribution in [0.3, 0.4) is 0 Å². The molecule has 0 saturated heterocycles. The van der Waals surface area contributed by atoms with Gasteiger partial charge in [0.1, 0.15) is 0 Å². The van der Waals surface area contributed by atoms with E-state index < -0.39 is 11.9 Å². The van der Waals surface area contributed by atoms with Gasteiger partial charge in [0.15, 0.2) is 0 Å². The number of halogens is 1. The highest BCUT2D eigenvalue weighted by Crippen LogP contribution is 2.14. The fourth-order valence-corrected chi connectivity index (χ4v) is 1.86. The van der Waals surface area contributed by atoms with Crippen molar-refractivity contribution in [1.82, 2.24) is 10.6 Å². The maximum absolute atomic E-state index is 11.8. The first-order valence-electron chi connectivity index (χ1n) is 6.44. The molecule has 1 atom stereocenters. The predicted octanol–water partition coefficient (Wildman–Crippen LogP) is 1.44. The Bertz CT molecular complexity index is 533. The van der Waals surface area contributed by atoms with Crippen molar-refractivity contribution in [3.8, 4) is 0 Å². The van der Waals surface area contributed by atoms with Crippen molar-refractivity contribution in [2.45, 2.75) is 25.8 Å². The van der Waals surface area contributed by atoms with Gasteiger partial charge in [-0.25, -0.2) is 0 Å². The van der Waals surface area contributed by atoms with Crippen molar-refractivity contribution in [3.63, 3.8) is 0 Å². The summed E-state index contributed by atoms with van der Waals surface area (Å²) in [6.45, 7) is 1.51. The molecule has 1 aromatic rings. The van der Waals surface area contributed by atoms with Gasteiger partial charge in [0, 0.05) is 12.5 Å². The molecule has 114 valence electrons. The molecule has 2 amide bonds. The summed E-state index contributed by atoms with van der Waals surface area (Å²) >= 11 is 5.87. The summed E-state index contributed by atoms with van der Waals surface area (Å²) in [4.78, 5) is 33.8. The lowest BCUT2D eigenvalue weighted by atomic mass is 10.2. The summed E-state index contributed by atoms with van der Waals surface area (Å²) in [5.74, 6) is -1.73. The van der Waals surface area contributed by atoms with Crippen LogP contribution in [0.5, 0.6) is 0 Å². The van der Waals surface area contributed by atoms with Gasteiger partial charge in [0.05, 0.1) is 17.1 Å². The summed E-state index contributed by atoms with van der Waals surface area (Å²) in [5.41, 5.74) is 0.297. The summed E-state index contributed by atoms with van der Waals surface area (Å²) in [6.07, 6.45) is 0.312. The van der Waals surface area contributed by atoms with Crippen molar-refractivity contribution in [1.29, 1.82) is 0 Å².